The minimum Gasteiger partial charge on any atom is -0.306 e. The number of rotatable bonds is 2. The summed E-state index contributed by atoms with van der Waals surface area (Å²) in [6.45, 7) is 5.76. The lowest BCUT2D eigenvalue weighted by Crippen LogP contribution is -2.47. The Hall–Kier alpha value is -1.50. The van der Waals surface area contributed by atoms with Crippen LogP contribution in [-0.2, 0) is 10.0 Å². The van der Waals surface area contributed by atoms with E-state index in [0.717, 1.165) is 41.2 Å². The molecule has 1 saturated heterocycles. The maximum absolute atomic E-state index is 13.6. The Bertz CT molecular complexity index is 972. The van der Waals surface area contributed by atoms with Gasteiger partial charge < -0.3 is 4.90 Å². The number of benzene rings is 2. The van der Waals surface area contributed by atoms with E-state index in [2.05, 4.69) is 37.6 Å². The number of nitrogens with zero attached hydrogens (tertiary/aromatic N) is 2. The van der Waals surface area contributed by atoms with Crippen molar-refractivity contribution in [3.8, 4) is 0 Å². The van der Waals surface area contributed by atoms with Crippen LogP contribution in [0.15, 0.2) is 46.2 Å². The second-order valence-corrected chi connectivity index (χ2v) is 9.83. The van der Waals surface area contributed by atoms with Crippen molar-refractivity contribution in [1.29, 1.82) is 0 Å². The fourth-order valence-electron chi connectivity index (χ4n) is 4.25. The molecule has 1 fully saturated rings. The number of likely N-dealkylation sites (N-methyl/N-ethyl adjacent to an activating group) is 1. The molecule has 26 heavy (non-hydrogen) atoms. The maximum Gasteiger partial charge on any atom is 0.264 e. The van der Waals surface area contributed by atoms with Crippen LogP contribution in [0, 0.1) is 13.8 Å². The fourth-order valence-corrected chi connectivity index (χ4v) is 6.21. The Morgan fingerprint density at radius 2 is 1.88 bits per heavy atom. The summed E-state index contributed by atoms with van der Waals surface area (Å²) in [5.41, 5.74) is 4.05. The van der Waals surface area contributed by atoms with Gasteiger partial charge in [-0.2, -0.15) is 0 Å². The van der Waals surface area contributed by atoms with Crippen LogP contribution < -0.4 is 4.31 Å². The Kier molecular flexibility index (Phi) is 4.33. The minimum absolute atomic E-state index is 0.0102. The number of thiol groups is 1. The van der Waals surface area contributed by atoms with E-state index in [0.29, 0.717) is 4.90 Å². The van der Waals surface area contributed by atoms with Gasteiger partial charge in [-0.15, -0.1) is 12.6 Å². The molecule has 4 rings (SSSR count). The smallest absolute Gasteiger partial charge is 0.264 e. The van der Waals surface area contributed by atoms with Crippen LogP contribution in [0.3, 0.4) is 0 Å². The van der Waals surface area contributed by atoms with Gasteiger partial charge in [-0.3, -0.25) is 4.31 Å². The molecule has 0 amide bonds. The number of hydrogen-bond acceptors (Lipinski definition) is 4. The highest BCUT2D eigenvalue weighted by molar-refractivity contribution is 7.93. The highest BCUT2D eigenvalue weighted by Gasteiger charge is 2.46. The van der Waals surface area contributed by atoms with Crippen molar-refractivity contribution in [2.24, 2.45) is 0 Å². The molecule has 6 heteroatoms. The number of aryl methyl sites for hydroxylation is 2. The number of sulfonamides is 1. The summed E-state index contributed by atoms with van der Waals surface area (Å²) in [4.78, 5) is 3.45. The third-order valence-corrected chi connectivity index (χ3v) is 7.96. The molecule has 2 unspecified atom stereocenters. The average molecular weight is 389 g/mol. The standard InChI is InChI=1S/C20H24N2O2S2/c1-13-4-6-18-16(10-13)17-12-21(3)9-8-19(17)22(18)26(23,24)15-5-7-20(25)14(2)11-15/h4-7,10-11,17,19,25H,8-9,12H2,1-3H3. The lowest BCUT2D eigenvalue weighted by molar-refractivity contribution is 0.237. The van der Waals surface area contributed by atoms with E-state index >= 15 is 0 Å². The van der Waals surface area contributed by atoms with E-state index in [1.54, 1.807) is 22.5 Å². The predicted molar refractivity (Wildman–Crippen MR) is 108 cm³/mol. The summed E-state index contributed by atoms with van der Waals surface area (Å²) in [6.07, 6.45) is 0.845. The van der Waals surface area contributed by atoms with Crippen molar-refractivity contribution in [3.05, 3.63) is 53.1 Å². The van der Waals surface area contributed by atoms with Crippen LogP contribution >= 0.6 is 12.6 Å². The summed E-state index contributed by atoms with van der Waals surface area (Å²) >= 11 is 4.38. The first kappa shape index (κ1) is 17.9. The summed E-state index contributed by atoms with van der Waals surface area (Å²) in [5, 5.41) is 0. The number of likely N-dealkylation sites (tertiary alicyclic amines) is 1. The number of fused-ring (bicyclic) bond motifs is 3. The molecule has 2 aliphatic heterocycles. The monoisotopic (exact) mass is 388 g/mol. The maximum atomic E-state index is 13.6. The predicted octanol–water partition coefficient (Wildman–Crippen LogP) is 3.59. The highest BCUT2D eigenvalue weighted by atomic mass is 32.2. The van der Waals surface area contributed by atoms with Crippen LogP contribution in [0.4, 0.5) is 5.69 Å². The van der Waals surface area contributed by atoms with Crippen LogP contribution in [0.2, 0.25) is 0 Å². The Labute approximate surface area is 161 Å². The second-order valence-electron chi connectivity index (χ2n) is 7.54. The largest absolute Gasteiger partial charge is 0.306 e. The van der Waals surface area contributed by atoms with Crippen molar-refractivity contribution >= 4 is 28.3 Å². The molecular weight excluding hydrogens is 364 g/mol. The zero-order valence-electron chi connectivity index (χ0n) is 15.3. The van der Waals surface area contributed by atoms with Crippen molar-refractivity contribution in [3.63, 3.8) is 0 Å². The van der Waals surface area contributed by atoms with Crippen LogP contribution in [-0.4, -0.2) is 39.5 Å². The molecule has 0 N–H and O–H groups in total. The minimum atomic E-state index is -3.61. The van der Waals surface area contributed by atoms with E-state index < -0.39 is 10.0 Å². The highest BCUT2D eigenvalue weighted by Crippen LogP contribution is 2.47. The molecule has 2 heterocycles. The zero-order valence-corrected chi connectivity index (χ0v) is 17.0. The summed E-state index contributed by atoms with van der Waals surface area (Å²) in [5.74, 6) is 0.226. The molecule has 0 radical (unpaired) electrons. The number of hydrogen-bond donors (Lipinski definition) is 1. The first-order valence-electron chi connectivity index (χ1n) is 8.92. The van der Waals surface area contributed by atoms with Gasteiger partial charge in [0.25, 0.3) is 10.0 Å². The zero-order chi connectivity index (χ0) is 18.6. The van der Waals surface area contributed by atoms with Crippen molar-refractivity contribution < 1.29 is 8.42 Å². The molecule has 0 saturated carbocycles. The van der Waals surface area contributed by atoms with Crippen LogP contribution in [0.25, 0.3) is 0 Å². The summed E-state index contributed by atoms with van der Waals surface area (Å²) < 4.78 is 28.8. The molecule has 0 aromatic heterocycles. The van der Waals surface area contributed by atoms with Gasteiger partial charge in [0.05, 0.1) is 16.6 Å². The van der Waals surface area contributed by atoms with E-state index in [1.165, 1.54) is 5.56 Å². The van der Waals surface area contributed by atoms with Crippen molar-refractivity contribution in [1.82, 2.24) is 4.90 Å². The first-order chi connectivity index (χ1) is 12.3. The Morgan fingerprint density at radius 3 is 2.62 bits per heavy atom. The summed E-state index contributed by atoms with van der Waals surface area (Å²) in [7, 11) is -1.50. The normalized spacial score (nSPS) is 23.0. The molecule has 2 aliphatic rings. The van der Waals surface area contributed by atoms with Crippen molar-refractivity contribution in [2.45, 2.75) is 42.0 Å². The van der Waals surface area contributed by atoms with E-state index in [4.69, 9.17) is 0 Å². The molecule has 4 nitrogen and oxygen atoms in total. The molecule has 0 bridgehead atoms. The van der Waals surface area contributed by atoms with Gasteiger partial charge in [-0.25, -0.2) is 8.42 Å². The topological polar surface area (TPSA) is 40.6 Å². The first-order valence-corrected chi connectivity index (χ1v) is 10.8. The third kappa shape index (κ3) is 2.75. The van der Waals surface area contributed by atoms with Gasteiger partial charge in [0.15, 0.2) is 0 Å². The van der Waals surface area contributed by atoms with Gasteiger partial charge in [0, 0.05) is 17.4 Å². The quantitative estimate of drug-likeness (QED) is 0.800. The number of anilines is 1. The van der Waals surface area contributed by atoms with Gasteiger partial charge in [-0.1, -0.05) is 17.7 Å². The molecule has 2 atom stereocenters. The van der Waals surface area contributed by atoms with E-state index in [1.807, 2.05) is 19.1 Å². The lowest BCUT2D eigenvalue weighted by atomic mass is 9.89. The van der Waals surface area contributed by atoms with Gasteiger partial charge >= 0.3 is 0 Å². The van der Waals surface area contributed by atoms with Gasteiger partial charge in [-0.05, 0) is 69.3 Å². The van der Waals surface area contributed by atoms with E-state index in [9.17, 15) is 8.42 Å². The summed E-state index contributed by atoms with van der Waals surface area (Å²) in [6, 6.07) is 11.3. The number of piperidine rings is 1. The Morgan fingerprint density at radius 1 is 1.12 bits per heavy atom. The SMILES string of the molecule is Cc1ccc2c(c1)C1CN(C)CCC1N2S(=O)(=O)c1ccc(S)c(C)c1. The van der Waals surface area contributed by atoms with Crippen molar-refractivity contribution in [2.75, 3.05) is 24.4 Å². The Balaban J connectivity index is 1.86. The average Bonchev–Trinajstić information content (AvgIpc) is 2.91. The molecule has 2 aromatic rings. The molecule has 138 valence electrons. The fraction of sp³-hybridized carbons (Fsp3) is 0.400. The van der Waals surface area contributed by atoms with E-state index in [-0.39, 0.29) is 12.0 Å². The van der Waals surface area contributed by atoms with Crippen LogP contribution in [0.5, 0.6) is 0 Å². The second kappa shape index (κ2) is 6.29. The van der Waals surface area contributed by atoms with Crippen LogP contribution in [0.1, 0.15) is 29.0 Å². The van der Waals surface area contributed by atoms with Gasteiger partial charge in [0.2, 0.25) is 0 Å². The lowest BCUT2D eigenvalue weighted by Gasteiger charge is -2.36. The molecular formula is C20H24N2O2S2. The molecule has 0 aliphatic carbocycles. The third-order valence-electron chi connectivity index (χ3n) is 5.63. The molecule has 2 aromatic carbocycles. The molecule has 0 spiro atoms. The van der Waals surface area contributed by atoms with Gasteiger partial charge in [0.1, 0.15) is 0 Å².